The van der Waals surface area contributed by atoms with Gasteiger partial charge in [0.1, 0.15) is 6.42 Å². The average molecular weight is 350 g/mol. The van der Waals surface area contributed by atoms with Gasteiger partial charge in [-0.1, -0.05) is 12.5 Å². The Morgan fingerprint density at radius 2 is 1.83 bits per heavy atom. The van der Waals surface area contributed by atoms with Crippen LogP contribution in [0.5, 0.6) is 0 Å². The number of halogens is 3. The molecule has 0 bridgehead atoms. The van der Waals surface area contributed by atoms with E-state index in [0.717, 1.165) is 19.3 Å². The summed E-state index contributed by atoms with van der Waals surface area (Å²) >= 11 is 0. The van der Waals surface area contributed by atoms with Crippen LogP contribution in [-0.2, 0) is 14.8 Å². The van der Waals surface area contributed by atoms with Crippen molar-refractivity contribution in [3.05, 3.63) is 24.3 Å². The molecule has 1 fully saturated rings. The van der Waals surface area contributed by atoms with Crippen molar-refractivity contribution in [2.24, 2.45) is 0 Å². The third-order valence-electron chi connectivity index (χ3n) is 3.43. The number of amides is 1. The lowest BCUT2D eigenvalue weighted by Gasteiger charge is -2.26. The quantitative estimate of drug-likeness (QED) is 0.908. The fraction of sp³-hybridized carbons (Fsp3) is 0.500. The van der Waals surface area contributed by atoms with E-state index in [1.807, 2.05) is 0 Å². The normalized spacial score (nSPS) is 17.0. The maximum Gasteiger partial charge on any atom is 0.397 e. The zero-order valence-corrected chi connectivity index (χ0v) is 13.1. The molecule has 1 amide bonds. The van der Waals surface area contributed by atoms with Crippen LogP contribution in [0.2, 0.25) is 0 Å². The molecule has 9 heteroatoms. The van der Waals surface area contributed by atoms with Crippen LogP contribution in [0.25, 0.3) is 0 Å². The Balaban J connectivity index is 2.14. The minimum absolute atomic E-state index is 0.0253. The Hall–Kier alpha value is -1.61. The number of carbonyl (C=O) groups excluding carboxylic acids is 1. The second-order valence-corrected chi connectivity index (χ2v) is 7.27. The fourth-order valence-electron chi connectivity index (χ4n) is 2.38. The van der Waals surface area contributed by atoms with Crippen LogP contribution >= 0.6 is 0 Å². The number of sulfonamides is 1. The van der Waals surface area contributed by atoms with Gasteiger partial charge in [0.2, 0.25) is 15.9 Å². The monoisotopic (exact) mass is 350 g/mol. The highest BCUT2D eigenvalue weighted by molar-refractivity contribution is 7.89. The van der Waals surface area contributed by atoms with E-state index in [2.05, 4.69) is 5.32 Å². The molecule has 23 heavy (non-hydrogen) atoms. The van der Waals surface area contributed by atoms with Gasteiger partial charge in [-0.3, -0.25) is 4.79 Å². The maximum atomic E-state index is 12.5. The predicted molar refractivity (Wildman–Crippen MR) is 78.4 cm³/mol. The Bertz CT molecular complexity index is 668. The van der Waals surface area contributed by atoms with Crippen LogP contribution < -0.4 is 5.32 Å². The third kappa shape index (κ3) is 4.93. The first-order valence-electron chi connectivity index (χ1n) is 7.15. The summed E-state index contributed by atoms with van der Waals surface area (Å²) in [5, 5.41) is 2.07. The second-order valence-electron chi connectivity index (χ2n) is 5.33. The van der Waals surface area contributed by atoms with Crippen molar-refractivity contribution in [2.45, 2.75) is 36.8 Å². The number of hydrogen-bond acceptors (Lipinski definition) is 3. The summed E-state index contributed by atoms with van der Waals surface area (Å²) in [5.41, 5.74) is 0.0253. The summed E-state index contributed by atoms with van der Waals surface area (Å²) in [6.07, 6.45) is -3.69. The van der Waals surface area contributed by atoms with Crippen molar-refractivity contribution in [3.8, 4) is 0 Å². The van der Waals surface area contributed by atoms with Gasteiger partial charge < -0.3 is 5.32 Å². The highest BCUT2D eigenvalue weighted by Gasteiger charge is 2.31. The van der Waals surface area contributed by atoms with Crippen LogP contribution in [0, 0.1) is 0 Å². The number of piperidine rings is 1. The van der Waals surface area contributed by atoms with Crippen LogP contribution in [0.1, 0.15) is 25.7 Å². The van der Waals surface area contributed by atoms with Gasteiger partial charge in [-0.05, 0) is 31.0 Å². The zero-order valence-electron chi connectivity index (χ0n) is 12.3. The van der Waals surface area contributed by atoms with Gasteiger partial charge in [-0.2, -0.15) is 17.5 Å². The van der Waals surface area contributed by atoms with Gasteiger partial charge in [0.15, 0.2) is 0 Å². The van der Waals surface area contributed by atoms with Crippen molar-refractivity contribution >= 4 is 21.6 Å². The number of nitrogens with zero attached hydrogens (tertiary/aromatic N) is 1. The lowest BCUT2D eigenvalue weighted by molar-refractivity contribution is -0.150. The lowest BCUT2D eigenvalue weighted by Crippen LogP contribution is -2.35. The van der Waals surface area contributed by atoms with E-state index < -0.39 is 28.5 Å². The molecule has 0 aromatic heterocycles. The van der Waals surface area contributed by atoms with E-state index in [1.54, 1.807) is 0 Å². The van der Waals surface area contributed by atoms with Crippen molar-refractivity contribution in [1.82, 2.24) is 4.31 Å². The SMILES string of the molecule is O=C(CC(F)(F)F)Nc1cccc(S(=O)(=O)N2CCCCC2)c1. The minimum atomic E-state index is -4.61. The number of carbonyl (C=O) groups is 1. The summed E-state index contributed by atoms with van der Waals surface area (Å²) < 4.78 is 62.8. The van der Waals surface area contributed by atoms with Gasteiger partial charge in [0, 0.05) is 18.8 Å². The molecule has 128 valence electrons. The Kier molecular flexibility index (Phi) is 5.30. The van der Waals surface area contributed by atoms with Crippen LogP contribution in [0.4, 0.5) is 18.9 Å². The smallest absolute Gasteiger partial charge is 0.326 e. The molecule has 1 aromatic rings. The standard InChI is InChI=1S/C14H17F3N2O3S/c15-14(16,17)10-13(20)18-11-5-4-6-12(9-11)23(21,22)19-7-2-1-3-8-19/h4-6,9H,1-3,7-8,10H2,(H,18,20). The number of alkyl halides is 3. The van der Waals surface area contributed by atoms with Crippen molar-refractivity contribution in [1.29, 1.82) is 0 Å². The van der Waals surface area contributed by atoms with E-state index >= 15 is 0 Å². The number of anilines is 1. The Labute approximate surface area is 132 Å². The molecule has 0 radical (unpaired) electrons. The van der Waals surface area contributed by atoms with E-state index in [9.17, 15) is 26.4 Å². The molecular weight excluding hydrogens is 333 g/mol. The predicted octanol–water partition coefficient (Wildman–Crippen LogP) is 2.75. The van der Waals surface area contributed by atoms with E-state index in [1.165, 1.54) is 28.6 Å². The molecule has 1 aliphatic rings. The molecule has 1 aliphatic heterocycles. The van der Waals surface area contributed by atoms with Crippen molar-refractivity contribution in [3.63, 3.8) is 0 Å². The third-order valence-corrected chi connectivity index (χ3v) is 5.33. The maximum absolute atomic E-state index is 12.5. The van der Waals surface area contributed by atoms with Crippen molar-refractivity contribution < 1.29 is 26.4 Å². The number of benzene rings is 1. The van der Waals surface area contributed by atoms with Crippen LogP contribution in [0.3, 0.4) is 0 Å². The minimum Gasteiger partial charge on any atom is -0.326 e. The zero-order chi connectivity index (χ0) is 17.1. The molecule has 0 saturated carbocycles. The summed E-state index contributed by atoms with van der Waals surface area (Å²) in [4.78, 5) is 11.3. The molecule has 0 atom stereocenters. The van der Waals surface area contributed by atoms with Gasteiger partial charge in [-0.25, -0.2) is 8.42 Å². The summed E-state index contributed by atoms with van der Waals surface area (Å²) in [6.45, 7) is 0.847. The summed E-state index contributed by atoms with van der Waals surface area (Å²) in [5.74, 6) is -1.23. The topological polar surface area (TPSA) is 66.5 Å². The Morgan fingerprint density at radius 3 is 2.43 bits per heavy atom. The first-order chi connectivity index (χ1) is 10.7. The molecule has 1 saturated heterocycles. The molecule has 0 unspecified atom stereocenters. The van der Waals surface area contributed by atoms with Crippen molar-refractivity contribution in [2.75, 3.05) is 18.4 Å². The second kappa shape index (κ2) is 6.88. The van der Waals surface area contributed by atoms with E-state index in [0.29, 0.717) is 13.1 Å². The summed E-state index contributed by atoms with van der Waals surface area (Å²) in [7, 11) is -3.70. The molecule has 1 N–H and O–H groups in total. The summed E-state index contributed by atoms with van der Waals surface area (Å²) in [6, 6.07) is 5.28. The van der Waals surface area contributed by atoms with Gasteiger partial charge in [0.05, 0.1) is 4.90 Å². The molecular formula is C14H17F3N2O3S. The Morgan fingerprint density at radius 1 is 1.17 bits per heavy atom. The molecule has 0 spiro atoms. The van der Waals surface area contributed by atoms with Crippen LogP contribution in [-0.4, -0.2) is 37.9 Å². The number of nitrogens with one attached hydrogen (secondary N) is 1. The highest BCUT2D eigenvalue weighted by Crippen LogP contribution is 2.24. The average Bonchev–Trinajstić information content (AvgIpc) is 2.46. The number of hydrogen-bond donors (Lipinski definition) is 1. The first kappa shape index (κ1) is 17.7. The molecule has 1 aromatic carbocycles. The molecule has 5 nitrogen and oxygen atoms in total. The van der Waals surface area contributed by atoms with Gasteiger partial charge in [0.25, 0.3) is 0 Å². The first-order valence-corrected chi connectivity index (χ1v) is 8.59. The molecule has 2 rings (SSSR count). The van der Waals surface area contributed by atoms with E-state index in [4.69, 9.17) is 0 Å². The molecule has 1 heterocycles. The van der Waals surface area contributed by atoms with Gasteiger partial charge >= 0.3 is 6.18 Å². The molecule has 0 aliphatic carbocycles. The number of rotatable bonds is 4. The lowest BCUT2D eigenvalue weighted by atomic mass is 10.2. The highest BCUT2D eigenvalue weighted by atomic mass is 32.2. The largest absolute Gasteiger partial charge is 0.397 e. The van der Waals surface area contributed by atoms with Crippen LogP contribution in [0.15, 0.2) is 29.2 Å². The van der Waals surface area contributed by atoms with E-state index in [-0.39, 0.29) is 10.6 Å². The fourth-order valence-corrected chi connectivity index (χ4v) is 3.94. The van der Waals surface area contributed by atoms with Gasteiger partial charge in [-0.15, -0.1) is 0 Å².